The third kappa shape index (κ3) is 1.70. The third-order valence-corrected chi connectivity index (χ3v) is 5.57. The smallest absolute Gasteiger partial charge is 0.0111 e. The van der Waals surface area contributed by atoms with E-state index in [1.165, 1.54) is 51.6 Å². The predicted octanol–water partition coefficient (Wildman–Crippen LogP) is 2.23. The molecule has 3 fully saturated rings. The Labute approximate surface area is 99.6 Å². The van der Waals surface area contributed by atoms with Crippen molar-refractivity contribution in [2.45, 2.75) is 57.5 Å². The molecule has 3 aliphatic rings. The van der Waals surface area contributed by atoms with E-state index in [0.29, 0.717) is 6.04 Å². The summed E-state index contributed by atoms with van der Waals surface area (Å²) in [6.45, 7) is 4.98. The maximum Gasteiger partial charge on any atom is 0.0111 e. The van der Waals surface area contributed by atoms with Gasteiger partial charge in [0.2, 0.25) is 0 Å². The largest absolute Gasteiger partial charge is 0.327 e. The number of likely N-dealkylation sites (tertiary alicyclic amines) is 1. The Morgan fingerprint density at radius 1 is 1.19 bits per heavy atom. The minimum absolute atomic E-state index is 0.525. The van der Waals surface area contributed by atoms with E-state index in [0.717, 1.165) is 23.8 Å². The van der Waals surface area contributed by atoms with Crippen LogP contribution in [0.3, 0.4) is 0 Å². The lowest BCUT2D eigenvalue weighted by Crippen LogP contribution is -2.44. The second-order valence-corrected chi connectivity index (χ2v) is 6.27. The lowest BCUT2D eigenvalue weighted by Gasteiger charge is -2.34. The highest BCUT2D eigenvalue weighted by atomic mass is 15.2. The zero-order valence-electron chi connectivity index (χ0n) is 10.6. The van der Waals surface area contributed by atoms with E-state index in [9.17, 15) is 0 Å². The molecule has 2 N–H and O–H groups in total. The molecule has 0 aromatic carbocycles. The molecule has 0 spiro atoms. The lowest BCUT2D eigenvalue weighted by atomic mass is 9.84. The quantitative estimate of drug-likeness (QED) is 0.793. The van der Waals surface area contributed by atoms with Crippen molar-refractivity contribution in [3.63, 3.8) is 0 Å². The second-order valence-electron chi connectivity index (χ2n) is 6.27. The molecule has 2 heteroatoms. The van der Waals surface area contributed by atoms with Gasteiger partial charge in [0.25, 0.3) is 0 Å². The Balaban J connectivity index is 1.62. The molecule has 5 unspecified atom stereocenters. The number of nitrogens with zero attached hydrogens (tertiary/aromatic N) is 1. The number of hydrogen-bond acceptors (Lipinski definition) is 2. The van der Waals surface area contributed by atoms with E-state index in [4.69, 9.17) is 5.73 Å². The molecule has 92 valence electrons. The van der Waals surface area contributed by atoms with Gasteiger partial charge in [-0.2, -0.15) is 0 Å². The molecule has 16 heavy (non-hydrogen) atoms. The molecule has 0 aromatic rings. The highest BCUT2D eigenvalue weighted by molar-refractivity contribution is 5.00. The zero-order chi connectivity index (χ0) is 11.1. The summed E-state index contributed by atoms with van der Waals surface area (Å²) < 4.78 is 0. The van der Waals surface area contributed by atoms with Gasteiger partial charge in [-0.1, -0.05) is 6.92 Å². The first kappa shape index (κ1) is 11.0. The molecule has 2 saturated carbocycles. The van der Waals surface area contributed by atoms with Gasteiger partial charge in [-0.05, 0) is 62.8 Å². The summed E-state index contributed by atoms with van der Waals surface area (Å²) in [5.41, 5.74) is 6.40. The van der Waals surface area contributed by atoms with E-state index in [1.54, 1.807) is 0 Å². The van der Waals surface area contributed by atoms with E-state index in [2.05, 4.69) is 11.8 Å². The van der Waals surface area contributed by atoms with Crippen molar-refractivity contribution in [3.05, 3.63) is 0 Å². The van der Waals surface area contributed by atoms with Crippen LogP contribution in [-0.2, 0) is 0 Å². The first-order valence-electron chi connectivity index (χ1n) is 7.29. The fourth-order valence-electron chi connectivity index (χ4n) is 4.59. The minimum atomic E-state index is 0.525. The summed E-state index contributed by atoms with van der Waals surface area (Å²) in [4.78, 5) is 2.74. The normalized spacial score (nSPS) is 48.0. The van der Waals surface area contributed by atoms with Gasteiger partial charge >= 0.3 is 0 Å². The van der Waals surface area contributed by atoms with Gasteiger partial charge < -0.3 is 10.6 Å². The van der Waals surface area contributed by atoms with Crippen molar-refractivity contribution in [2.24, 2.45) is 23.5 Å². The monoisotopic (exact) mass is 222 g/mol. The van der Waals surface area contributed by atoms with Crippen molar-refractivity contribution in [1.82, 2.24) is 4.90 Å². The van der Waals surface area contributed by atoms with Gasteiger partial charge in [0.05, 0.1) is 0 Å². The molecule has 1 heterocycles. The molecule has 1 aliphatic heterocycles. The van der Waals surface area contributed by atoms with Gasteiger partial charge in [-0.3, -0.25) is 0 Å². The Kier molecular flexibility index (Phi) is 2.97. The molecule has 5 atom stereocenters. The number of fused-ring (bicyclic) bond motifs is 2. The van der Waals surface area contributed by atoms with Gasteiger partial charge in [0.1, 0.15) is 0 Å². The predicted molar refractivity (Wildman–Crippen MR) is 67.2 cm³/mol. The Bertz CT molecular complexity index is 251. The Morgan fingerprint density at radius 3 is 2.69 bits per heavy atom. The van der Waals surface area contributed by atoms with Crippen LogP contribution in [0.4, 0.5) is 0 Å². The lowest BCUT2D eigenvalue weighted by molar-refractivity contribution is 0.161. The third-order valence-electron chi connectivity index (χ3n) is 5.57. The number of hydrogen-bond donors (Lipinski definition) is 1. The number of rotatable bonds is 3. The van der Waals surface area contributed by atoms with Crippen LogP contribution in [0.2, 0.25) is 0 Å². The molecule has 1 saturated heterocycles. The van der Waals surface area contributed by atoms with Gasteiger partial charge in [0, 0.05) is 18.6 Å². The minimum Gasteiger partial charge on any atom is -0.327 e. The highest BCUT2D eigenvalue weighted by Gasteiger charge is 2.46. The van der Waals surface area contributed by atoms with Crippen molar-refractivity contribution in [3.8, 4) is 0 Å². The first-order valence-corrected chi connectivity index (χ1v) is 7.29. The highest BCUT2D eigenvalue weighted by Crippen LogP contribution is 2.48. The summed E-state index contributed by atoms with van der Waals surface area (Å²) in [6.07, 6.45) is 8.49. The fourth-order valence-corrected chi connectivity index (χ4v) is 4.59. The van der Waals surface area contributed by atoms with Crippen LogP contribution in [0.5, 0.6) is 0 Å². The second kappa shape index (κ2) is 4.30. The summed E-state index contributed by atoms with van der Waals surface area (Å²) in [6, 6.07) is 1.39. The summed E-state index contributed by atoms with van der Waals surface area (Å²) in [7, 11) is 0. The molecule has 0 aromatic heterocycles. The molecular formula is C14H26N2. The van der Waals surface area contributed by atoms with Crippen molar-refractivity contribution >= 4 is 0 Å². The summed E-state index contributed by atoms with van der Waals surface area (Å²) in [5.74, 6) is 2.67. The number of nitrogens with two attached hydrogens (primary N) is 1. The Morgan fingerprint density at radius 2 is 2.00 bits per heavy atom. The molecule has 2 aliphatic carbocycles. The van der Waals surface area contributed by atoms with E-state index < -0.39 is 0 Å². The van der Waals surface area contributed by atoms with Crippen molar-refractivity contribution < 1.29 is 0 Å². The maximum absolute atomic E-state index is 6.40. The van der Waals surface area contributed by atoms with E-state index in [1.807, 2.05) is 0 Å². The Hall–Kier alpha value is -0.0800. The summed E-state index contributed by atoms with van der Waals surface area (Å²) in [5, 5.41) is 0. The standard InChI is InChI=1S/C14H26N2/c1-2-12-4-3-7-16(12)9-13-10-5-6-11(8-10)14(13)15/h10-14H,2-9,15H2,1H3. The molecule has 0 radical (unpaired) electrons. The average molecular weight is 222 g/mol. The fraction of sp³-hybridized carbons (Fsp3) is 1.00. The van der Waals surface area contributed by atoms with Gasteiger partial charge in [0.15, 0.2) is 0 Å². The van der Waals surface area contributed by atoms with Crippen LogP contribution in [0.25, 0.3) is 0 Å². The van der Waals surface area contributed by atoms with Crippen LogP contribution in [0.15, 0.2) is 0 Å². The average Bonchev–Trinajstić information content (AvgIpc) is 2.97. The van der Waals surface area contributed by atoms with Crippen LogP contribution in [-0.4, -0.2) is 30.1 Å². The van der Waals surface area contributed by atoms with E-state index in [-0.39, 0.29) is 0 Å². The molecule has 2 bridgehead atoms. The molecular weight excluding hydrogens is 196 g/mol. The van der Waals surface area contributed by atoms with E-state index >= 15 is 0 Å². The van der Waals surface area contributed by atoms with Crippen LogP contribution < -0.4 is 5.73 Å². The van der Waals surface area contributed by atoms with Crippen LogP contribution >= 0.6 is 0 Å². The van der Waals surface area contributed by atoms with Gasteiger partial charge in [-0.15, -0.1) is 0 Å². The SMILES string of the molecule is CCC1CCCN1CC1C2CCC(C2)C1N. The van der Waals surface area contributed by atoms with Gasteiger partial charge in [-0.25, -0.2) is 0 Å². The summed E-state index contributed by atoms with van der Waals surface area (Å²) >= 11 is 0. The molecule has 0 amide bonds. The molecule has 2 nitrogen and oxygen atoms in total. The zero-order valence-corrected chi connectivity index (χ0v) is 10.6. The first-order chi connectivity index (χ1) is 7.79. The van der Waals surface area contributed by atoms with Crippen molar-refractivity contribution in [2.75, 3.05) is 13.1 Å². The molecule has 3 rings (SSSR count). The van der Waals surface area contributed by atoms with Crippen molar-refractivity contribution in [1.29, 1.82) is 0 Å². The van der Waals surface area contributed by atoms with Crippen LogP contribution in [0.1, 0.15) is 45.4 Å². The topological polar surface area (TPSA) is 29.3 Å². The maximum atomic E-state index is 6.40. The van der Waals surface area contributed by atoms with Crippen LogP contribution in [0, 0.1) is 17.8 Å².